The van der Waals surface area contributed by atoms with Crippen LogP contribution in [0, 0.1) is 0 Å². The van der Waals surface area contributed by atoms with Crippen LogP contribution in [0.15, 0.2) is 24.3 Å². The van der Waals surface area contributed by atoms with Crippen molar-refractivity contribution in [1.29, 1.82) is 0 Å². The van der Waals surface area contributed by atoms with Gasteiger partial charge in [-0.05, 0) is 24.1 Å². The molecule has 0 aliphatic rings. The molecule has 1 atom stereocenters. The molecule has 0 amide bonds. The Labute approximate surface area is 97.3 Å². The zero-order valence-electron chi connectivity index (χ0n) is 9.23. The molecule has 94 valence electrons. The molecular formula is C11H13F2NO3. The summed E-state index contributed by atoms with van der Waals surface area (Å²) in [5, 5.41) is 0. The van der Waals surface area contributed by atoms with Gasteiger partial charge in [0.25, 0.3) is 0 Å². The first kappa shape index (κ1) is 13.4. The van der Waals surface area contributed by atoms with Crippen LogP contribution in [0.4, 0.5) is 8.78 Å². The van der Waals surface area contributed by atoms with Gasteiger partial charge in [0.2, 0.25) is 0 Å². The van der Waals surface area contributed by atoms with E-state index in [2.05, 4.69) is 9.47 Å². The number of benzene rings is 1. The summed E-state index contributed by atoms with van der Waals surface area (Å²) in [7, 11) is 1.25. The van der Waals surface area contributed by atoms with E-state index in [0.717, 1.165) is 5.56 Å². The van der Waals surface area contributed by atoms with Gasteiger partial charge in [0.1, 0.15) is 11.8 Å². The van der Waals surface area contributed by atoms with Crippen LogP contribution in [0.1, 0.15) is 5.56 Å². The molecule has 0 bridgehead atoms. The summed E-state index contributed by atoms with van der Waals surface area (Å²) < 4.78 is 32.4. The van der Waals surface area contributed by atoms with Gasteiger partial charge < -0.3 is 15.2 Å². The highest BCUT2D eigenvalue weighted by atomic mass is 19.3. The smallest absolute Gasteiger partial charge is 0.387 e. The first-order chi connectivity index (χ1) is 8.02. The maximum absolute atomic E-state index is 11.9. The molecule has 0 aromatic heterocycles. The van der Waals surface area contributed by atoms with Crippen LogP contribution in [-0.4, -0.2) is 25.7 Å². The Morgan fingerprint density at radius 3 is 2.41 bits per heavy atom. The lowest BCUT2D eigenvalue weighted by Crippen LogP contribution is -2.33. The summed E-state index contributed by atoms with van der Waals surface area (Å²) in [6, 6.07) is 5.17. The van der Waals surface area contributed by atoms with Crippen molar-refractivity contribution in [3.8, 4) is 5.75 Å². The van der Waals surface area contributed by atoms with Crippen LogP contribution in [0.3, 0.4) is 0 Å². The van der Waals surface area contributed by atoms with Crippen molar-refractivity contribution in [3.63, 3.8) is 0 Å². The fourth-order valence-electron chi connectivity index (χ4n) is 1.30. The van der Waals surface area contributed by atoms with Gasteiger partial charge in [-0.1, -0.05) is 12.1 Å². The molecule has 6 heteroatoms. The molecule has 1 aromatic rings. The first-order valence-electron chi connectivity index (χ1n) is 4.90. The third-order valence-corrected chi connectivity index (χ3v) is 2.11. The van der Waals surface area contributed by atoms with Crippen molar-refractivity contribution in [1.82, 2.24) is 0 Å². The van der Waals surface area contributed by atoms with Crippen LogP contribution in [0.25, 0.3) is 0 Å². The number of nitrogens with two attached hydrogens (primary N) is 1. The average Bonchev–Trinajstić information content (AvgIpc) is 2.30. The Morgan fingerprint density at radius 1 is 1.35 bits per heavy atom. The van der Waals surface area contributed by atoms with Gasteiger partial charge in [-0.3, -0.25) is 4.79 Å². The number of halogens is 2. The van der Waals surface area contributed by atoms with Gasteiger partial charge in [0.05, 0.1) is 7.11 Å². The molecule has 1 aromatic carbocycles. The van der Waals surface area contributed by atoms with E-state index < -0.39 is 18.6 Å². The molecule has 4 nitrogen and oxygen atoms in total. The number of rotatable bonds is 5. The van der Waals surface area contributed by atoms with Crippen molar-refractivity contribution >= 4 is 5.97 Å². The lowest BCUT2D eigenvalue weighted by molar-refractivity contribution is -0.142. The molecule has 1 rings (SSSR count). The quantitative estimate of drug-likeness (QED) is 0.795. The Hall–Kier alpha value is -1.69. The summed E-state index contributed by atoms with van der Waals surface area (Å²) in [5.41, 5.74) is 6.29. The number of methoxy groups -OCH3 is 1. The molecule has 0 aliphatic heterocycles. The highest BCUT2D eigenvalue weighted by molar-refractivity contribution is 5.75. The summed E-state index contributed by atoms with van der Waals surface area (Å²) in [5.74, 6) is -0.451. The van der Waals surface area contributed by atoms with E-state index in [0.29, 0.717) is 0 Å². The van der Waals surface area contributed by atoms with Gasteiger partial charge in [0.15, 0.2) is 0 Å². The van der Waals surface area contributed by atoms with Gasteiger partial charge in [-0.2, -0.15) is 8.78 Å². The van der Waals surface area contributed by atoms with E-state index in [9.17, 15) is 13.6 Å². The topological polar surface area (TPSA) is 61.5 Å². The fourth-order valence-corrected chi connectivity index (χ4v) is 1.30. The standard InChI is InChI=1S/C11H13F2NO3/c1-16-10(15)9(14)6-7-2-4-8(5-3-7)17-11(12)13/h2-5,9,11H,6,14H2,1H3/t9-/m1/s1. The second-order valence-corrected chi connectivity index (χ2v) is 3.36. The Balaban J connectivity index is 2.59. The summed E-state index contributed by atoms with van der Waals surface area (Å²) >= 11 is 0. The number of carbonyl (C=O) groups excluding carboxylic acids is 1. The lowest BCUT2D eigenvalue weighted by Gasteiger charge is -2.10. The maximum atomic E-state index is 11.9. The molecule has 17 heavy (non-hydrogen) atoms. The minimum atomic E-state index is -2.85. The van der Waals surface area contributed by atoms with Crippen LogP contribution in [-0.2, 0) is 16.0 Å². The van der Waals surface area contributed by atoms with Gasteiger partial charge in [-0.15, -0.1) is 0 Å². The molecule has 2 N–H and O–H groups in total. The number of carbonyl (C=O) groups is 1. The Kier molecular flexibility index (Phi) is 4.84. The molecule has 0 saturated carbocycles. The van der Waals surface area contributed by atoms with Crippen LogP contribution >= 0.6 is 0 Å². The van der Waals surface area contributed by atoms with E-state index >= 15 is 0 Å². The minimum Gasteiger partial charge on any atom is -0.468 e. The van der Waals surface area contributed by atoms with Crippen LogP contribution in [0.5, 0.6) is 5.75 Å². The van der Waals surface area contributed by atoms with Crippen molar-refractivity contribution in [2.75, 3.05) is 7.11 Å². The normalized spacial score (nSPS) is 12.3. The van der Waals surface area contributed by atoms with Gasteiger partial charge in [0, 0.05) is 0 Å². The van der Waals surface area contributed by atoms with E-state index in [1.54, 1.807) is 12.1 Å². The molecule has 0 heterocycles. The molecule has 0 saturated heterocycles. The van der Waals surface area contributed by atoms with E-state index in [1.165, 1.54) is 19.2 Å². The summed E-state index contributed by atoms with van der Waals surface area (Å²) in [6.07, 6.45) is 0.279. The third-order valence-electron chi connectivity index (χ3n) is 2.11. The molecule has 0 radical (unpaired) electrons. The van der Waals surface area contributed by atoms with Gasteiger partial charge >= 0.3 is 12.6 Å². The van der Waals surface area contributed by atoms with Crippen LogP contribution in [0.2, 0.25) is 0 Å². The van der Waals surface area contributed by atoms with Crippen molar-refractivity contribution in [2.24, 2.45) is 5.73 Å². The lowest BCUT2D eigenvalue weighted by atomic mass is 10.1. The second kappa shape index (κ2) is 6.15. The minimum absolute atomic E-state index is 0.0652. The summed E-state index contributed by atoms with van der Waals surface area (Å²) in [6.45, 7) is -2.85. The zero-order chi connectivity index (χ0) is 12.8. The Morgan fingerprint density at radius 2 is 1.94 bits per heavy atom. The molecule has 0 aliphatic carbocycles. The van der Waals surface area contributed by atoms with Crippen molar-refractivity contribution < 1.29 is 23.0 Å². The van der Waals surface area contributed by atoms with Crippen LogP contribution < -0.4 is 10.5 Å². The monoisotopic (exact) mass is 245 g/mol. The SMILES string of the molecule is COC(=O)[C@H](N)Cc1ccc(OC(F)F)cc1. The molecular weight excluding hydrogens is 232 g/mol. The van der Waals surface area contributed by atoms with E-state index in [-0.39, 0.29) is 12.2 Å². The van der Waals surface area contributed by atoms with E-state index in [4.69, 9.17) is 5.73 Å². The first-order valence-corrected chi connectivity index (χ1v) is 4.90. The largest absolute Gasteiger partial charge is 0.468 e. The van der Waals surface area contributed by atoms with Crippen molar-refractivity contribution in [2.45, 2.75) is 19.1 Å². The van der Waals surface area contributed by atoms with E-state index in [1.807, 2.05) is 0 Å². The molecule has 0 spiro atoms. The number of alkyl halides is 2. The molecule has 0 fully saturated rings. The summed E-state index contributed by atoms with van der Waals surface area (Å²) in [4.78, 5) is 11.1. The number of hydrogen-bond donors (Lipinski definition) is 1. The highest BCUT2D eigenvalue weighted by Gasteiger charge is 2.14. The highest BCUT2D eigenvalue weighted by Crippen LogP contribution is 2.15. The number of ether oxygens (including phenoxy) is 2. The maximum Gasteiger partial charge on any atom is 0.387 e. The fraction of sp³-hybridized carbons (Fsp3) is 0.364. The zero-order valence-corrected chi connectivity index (χ0v) is 9.23. The number of esters is 1. The predicted octanol–water partition coefficient (Wildman–Crippen LogP) is 1.33. The average molecular weight is 245 g/mol. The second-order valence-electron chi connectivity index (χ2n) is 3.36. The number of hydrogen-bond acceptors (Lipinski definition) is 4. The third kappa shape index (κ3) is 4.36. The Bertz CT molecular complexity index is 367. The van der Waals surface area contributed by atoms with Gasteiger partial charge in [-0.25, -0.2) is 0 Å². The van der Waals surface area contributed by atoms with Crippen molar-refractivity contribution in [3.05, 3.63) is 29.8 Å². The molecule has 0 unspecified atom stereocenters. The predicted molar refractivity (Wildman–Crippen MR) is 56.8 cm³/mol.